The highest BCUT2D eigenvalue weighted by molar-refractivity contribution is 6.30. The molecule has 0 aliphatic rings. The molecule has 5 N–H and O–H groups in total. The SMILES string of the molecule is CC(C)CN=C(N)Nc1ccc(NC(=O)Nc2ccc(Cl)cc2)cc1. The molecule has 2 rings (SSSR count). The number of halogens is 1. The summed E-state index contributed by atoms with van der Waals surface area (Å²) in [5, 5.41) is 9.11. The lowest BCUT2D eigenvalue weighted by molar-refractivity contribution is 0.262. The zero-order valence-corrected chi connectivity index (χ0v) is 15.0. The van der Waals surface area contributed by atoms with Crippen molar-refractivity contribution in [2.45, 2.75) is 13.8 Å². The van der Waals surface area contributed by atoms with E-state index in [1.54, 1.807) is 36.4 Å². The number of urea groups is 1. The molecule has 2 aromatic carbocycles. The highest BCUT2D eigenvalue weighted by Crippen LogP contribution is 2.16. The fraction of sp³-hybridized carbons (Fsp3) is 0.222. The van der Waals surface area contributed by atoms with Gasteiger partial charge in [-0.2, -0.15) is 0 Å². The average Bonchev–Trinajstić information content (AvgIpc) is 2.57. The molecular weight excluding hydrogens is 338 g/mol. The molecule has 2 aromatic rings. The molecule has 2 amide bonds. The van der Waals surface area contributed by atoms with Gasteiger partial charge in [-0.15, -0.1) is 0 Å². The first-order chi connectivity index (χ1) is 11.9. The maximum atomic E-state index is 12.0. The second kappa shape index (κ2) is 8.94. The van der Waals surface area contributed by atoms with E-state index >= 15 is 0 Å². The second-order valence-corrected chi connectivity index (χ2v) is 6.34. The molecule has 0 heterocycles. The zero-order chi connectivity index (χ0) is 18.2. The van der Waals surface area contributed by atoms with E-state index in [0.717, 1.165) is 5.69 Å². The number of guanidine groups is 1. The third-order valence-electron chi connectivity index (χ3n) is 3.14. The second-order valence-electron chi connectivity index (χ2n) is 5.91. The number of benzene rings is 2. The lowest BCUT2D eigenvalue weighted by Gasteiger charge is -2.10. The van der Waals surface area contributed by atoms with Crippen LogP contribution in [0.4, 0.5) is 21.9 Å². The molecule has 25 heavy (non-hydrogen) atoms. The average molecular weight is 360 g/mol. The molecule has 0 spiro atoms. The number of anilines is 3. The standard InChI is InChI=1S/C18H22ClN5O/c1-12(2)11-21-17(20)22-14-7-9-16(10-8-14)24-18(25)23-15-5-3-13(19)4-6-15/h3-10,12H,11H2,1-2H3,(H3,20,21,22)(H2,23,24,25). The van der Waals surface area contributed by atoms with Gasteiger partial charge < -0.3 is 21.7 Å². The van der Waals surface area contributed by atoms with E-state index in [-0.39, 0.29) is 6.03 Å². The highest BCUT2D eigenvalue weighted by Gasteiger charge is 2.03. The minimum atomic E-state index is -0.332. The quantitative estimate of drug-likeness (QED) is 0.472. The molecule has 0 saturated carbocycles. The smallest absolute Gasteiger partial charge is 0.323 e. The summed E-state index contributed by atoms with van der Waals surface area (Å²) < 4.78 is 0. The number of hydrogen-bond donors (Lipinski definition) is 4. The molecular formula is C18H22ClN5O. The van der Waals surface area contributed by atoms with Crippen molar-refractivity contribution in [1.29, 1.82) is 0 Å². The van der Waals surface area contributed by atoms with Gasteiger partial charge in [0.05, 0.1) is 0 Å². The number of nitrogens with one attached hydrogen (secondary N) is 3. The van der Waals surface area contributed by atoms with Crippen LogP contribution in [0.5, 0.6) is 0 Å². The first-order valence-electron chi connectivity index (χ1n) is 7.93. The van der Waals surface area contributed by atoms with Gasteiger partial charge in [-0.3, -0.25) is 4.99 Å². The van der Waals surface area contributed by atoms with E-state index in [1.165, 1.54) is 0 Å². The molecule has 0 atom stereocenters. The Morgan fingerprint density at radius 3 is 1.88 bits per heavy atom. The number of nitrogens with two attached hydrogens (primary N) is 1. The van der Waals surface area contributed by atoms with E-state index in [2.05, 4.69) is 34.8 Å². The molecule has 7 heteroatoms. The fourth-order valence-electron chi connectivity index (χ4n) is 1.93. The number of nitrogens with zero attached hydrogens (tertiary/aromatic N) is 1. The molecule has 0 bridgehead atoms. The van der Waals surface area contributed by atoms with Crippen molar-refractivity contribution < 1.29 is 4.79 Å². The Hall–Kier alpha value is -2.73. The lowest BCUT2D eigenvalue weighted by Crippen LogP contribution is -2.23. The maximum absolute atomic E-state index is 12.0. The van der Waals surface area contributed by atoms with Crippen LogP contribution in [0.15, 0.2) is 53.5 Å². The third-order valence-corrected chi connectivity index (χ3v) is 3.40. The van der Waals surface area contributed by atoms with Crippen LogP contribution in [-0.4, -0.2) is 18.5 Å². The van der Waals surface area contributed by atoms with E-state index < -0.39 is 0 Å². The summed E-state index contributed by atoms with van der Waals surface area (Å²) in [6.45, 7) is 4.82. The lowest BCUT2D eigenvalue weighted by atomic mass is 10.2. The highest BCUT2D eigenvalue weighted by atomic mass is 35.5. The topological polar surface area (TPSA) is 91.5 Å². The number of amides is 2. The van der Waals surface area contributed by atoms with Crippen LogP contribution in [0.1, 0.15) is 13.8 Å². The molecule has 0 fully saturated rings. The number of hydrogen-bond acceptors (Lipinski definition) is 2. The molecule has 0 aliphatic carbocycles. The molecule has 0 saturated heterocycles. The molecule has 132 valence electrons. The van der Waals surface area contributed by atoms with Crippen molar-refractivity contribution in [1.82, 2.24) is 0 Å². The van der Waals surface area contributed by atoms with Gasteiger partial charge >= 0.3 is 6.03 Å². The van der Waals surface area contributed by atoms with Gasteiger partial charge in [0.25, 0.3) is 0 Å². The van der Waals surface area contributed by atoms with Crippen LogP contribution in [-0.2, 0) is 0 Å². The van der Waals surface area contributed by atoms with Gasteiger partial charge in [0.1, 0.15) is 0 Å². The van der Waals surface area contributed by atoms with Crippen LogP contribution in [0.3, 0.4) is 0 Å². The van der Waals surface area contributed by atoms with Crippen molar-refractivity contribution >= 4 is 40.7 Å². The van der Waals surface area contributed by atoms with Crippen LogP contribution in [0.25, 0.3) is 0 Å². The Morgan fingerprint density at radius 1 is 0.960 bits per heavy atom. The summed E-state index contributed by atoms with van der Waals surface area (Å²) in [4.78, 5) is 16.2. The molecule has 0 aromatic heterocycles. The Kier molecular flexibility index (Phi) is 6.65. The monoisotopic (exact) mass is 359 g/mol. The summed E-state index contributed by atoms with van der Waals surface area (Å²) in [5.41, 5.74) is 7.94. The number of rotatable bonds is 5. The van der Waals surface area contributed by atoms with Crippen molar-refractivity contribution in [2.24, 2.45) is 16.6 Å². The third kappa shape index (κ3) is 6.73. The van der Waals surface area contributed by atoms with Crippen molar-refractivity contribution in [3.05, 3.63) is 53.6 Å². The number of aliphatic imine (C=N–C) groups is 1. The van der Waals surface area contributed by atoms with Crippen molar-refractivity contribution in [2.75, 3.05) is 22.5 Å². The van der Waals surface area contributed by atoms with E-state index in [9.17, 15) is 4.79 Å². The van der Waals surface area contributed by atoms with Gasteiger partial charge in [-0.05, 0) is 54.4 Å². The Balaban J connectivity index is 1.88. The Morgan fingerprint density at radius 2 is 1.40 bits per heavy atom. The van der Waals surface area contributed by atoms with Crippen molar-refractivity contribution in [3.8, 4) is 0 Å². The van der Waals surface area contributed by atoms with Crippen LogP contribution >= 0.6 is 11.6 Å². The van der Waals surface area contributed by atoms with E-state index in [1.807, 2.05) is 12.1 Å². The van der Waals surface area contributed by atoms with Crippen molar-refractivity contribution in [3.63, 3.8) is 0 Å². The fourth-order valence-corrected chi connectivity index (χ4v) is 2.06. The Labute approximate surface area is 152 Å². The largest absolute Gasteiger partial charge is 0.370 e. The summed E-state index contributed by atoms with van der Waals surface area (Å²) in [6, 6.07) is 13.7. The summed E-state index contributed by atoms with van der Waals surface area (Å²) in [6.07, 6.45) is 0. The normalized spacial score (nSPS) is 11.3. The van der Waals surface area contributed by atoms with Gasteiger partial charge in [0, 0.05) is 28.6 Å². The Bertz CT molecular complexity index is 726. The summed E-state index contributed by atoms with van der Waals surface area (Å²) in [7, 11) is 0. The molecule has 6 nitrogen and oxygen atoms in total. The maximum Gasteiger partial charge on any atom is 0.323 e. The molecule has 0 aliphatic heterocycles. The summed E-state index contributed by atoms with van der Waals surface area (Å²) in [5.74, 6) is 0.820. The number of carbonyl (C=O) groups excluding carboxylic acids is 1. The van der Waals surface area contributed by atoms with Gasteiger partial charge in [-0.1, -0.05) is 25.4 Å². The predicted octanol–water partition coefficient (Wildman–Crippen LogP) is 4.37. The minimum absolute atomic E-state index is 0.332. The molecule has 0 radical (unpaired) electrons. The first kappa shape index (κ1) is 18.6. The minimum Gasteiger partial charge on any atom is -0.370 e. The van der Waals surface area contributed by atoms with Gasteiger partial charge in [-0.25, -0.2) is 4.79 Å². The number of carbonyl (C=O) groups is 1. The van der Waals surface area contributed by atoms with E-state index in [4.69, 9.17) is 17.3 Å². The molecule has 0 unspecified atom stereocenters. The van der Waals surface area contributed by atoms with Crippen LogP contribution in [0, 0.1) is 5.92 Å². The van der Waals surface area contributed by atoms with Gasteiger partial charge in [0.2, 0.25) is 0 Å². The van der Waals surface area contributed by atoms with Gasteiger partial charge in [0.15, 0.2) is 5.96 Å². The van der Waals surface area contributed by atoms with Crippen LogP contribution < -0.4 is 21.7 Å². The summed E-state index contributed by atoms with van der Waals surface area (Å²) >= 11 is 5.81. The first-order valence-corrected chi connectivity index (χ1v) is 8.31. The van der Waals surface area contributed by atoms with E-state index in [0.29, 0.717) is 34.8 Å². The predicted molar refractivity (Wildman–Crippen MR) is 105 cm³/mol. The zero-order valence-electron chi connectivity index (χ0n) is 14.2. The van der Waals surface area contributed by atoms with Crippen LogP contribution in [0.2, 0.25) is 5.02 Å².